The van der Waals surface area contributed by atoms with Crippen LogP contribution in [0.4, 0.5) is 0 Å². The summed E-state index contributed by atoms with van der Waals surface area (Å²) in [5.74, 6) is 0. The van der Waals surface area contributed by atoms with E-state index in [1.165, 1.54) is 0 Å². The van der Waals surface area contributed by atoms with Gasteiger partial charge in [0.05, 0.1) is 152 Å². The Hall–Kier alpha value is -2.72. The first-order valence-electron chi connectivity index (χ1n) is 13.0. The third-order valence-corrected chi connectivity index (χ3v) is 3.72. The van der Waals surface area contributed by atoms with E-state index >= 15 is 0 Å². The number of nitrogens with zero attached hydrogens (tertiary/aromatic N) is 4. The van der Waals surface area contributed by atoms with Crippen molar-refractivity contribution in [2.75, 3.05) is 132 Å². The second-order valence-electron chi connectivity index (χ2n) is 7.02. The molecule has 0 atom stereocenters. The molecule has 0 aromatic carbocycles. The summed E-state index contributed by atoms with van der Waals surface area (Å²) in [6.45, 7) is 12.2. The zero-order valence-corrected chi connectivity index (χ0v) is 29.7. The molecule has 2 heterocycles. The van der Waals surface area contributed by atoms with E-state index in [-0.39, 0.29) is 56.0 Å². The maximum atomic E-state index is 8.25. The Labute approximate surface area is 317 Å². The zero-order valence-electron chi connectivity index (χ0n) is 27.8. The smallest absolute Gasteiger partial charge is 0.457 e. The fourth-order valence-electron chi connectivity index (χ4n) is 2.20. The predicted octanol–water partition coefficient (Wildman–Crippen LogP) is -4.48. The molecule has 326 valence electrons. The van der Waals surface area contributed by atoms with Gasteiger partial charge in [0.2, 0.25) is 0 Å². The average Bonchev–Trinajstić information content (AvgIpc) is 2.96. The van der Waals surface area contributed by atoms with Crippen LogP contribution in [0.25, 0.3) is 0 Å². The fraction of sp³-hybridized carbons (Fsp3) is 1.00. The van der Waals surface area contributed by atoms with Gasteiger partial charge in [-0.15, -0.1) is 0 Å². The fourth-order valence-corrected chi connectivity index (χ4v) is 2.20. The van der Waals surface area contributed by atoms with Crippen molar-refractivity contribution in [3.8, 4) is 0 Å². The average molecular weight is 892 g/mol. The summed E-state index contributed by atoms with van der Waals surface area (Å²) < 4.78 is 52.8. The van der Waals surface area contributed by atoms with Crippen LogP contribution in [0.5, 0.6) is 0 Å². The molecule has 2 fully saturated rings. The van der Waals surface area contributed by atoms with Gasteiger partial charge in [-0.3, -0.25) is 0 Å². The molecule has 2 rings (SSSR count). The van der Waals surface area contributed by atoms with Gasteiger partial charge in [-0.25, -0.2) is 0 Å². The van der Waals surface area contributed by atoms with Gasteiger partial charge in [0.1, 0.15) is 0 Å². The van der Waals surface area contributed by atoms with Gasteiger partial charge in [-0.1, -0.05) is 0 Å². The normalized spacial score (nSPS) is 15.7. The molecule has 52 heavy (non-hydrogen) atoms. The van der Waals surface area contributed by atoms with E-state index in [1.54, 1.807) is 0 Å². The van der Waals surface area contributed by atoms with E-state index in [0.29, 0.717) is 132 Å². The zero-order chi connectivity index (χ0) is 35.5. The Morgan fingerprint density at radius 1 is 0.231 bits per heavy atom. The second kappa shape index (κ2) is 69.9. The molecular formula is C20H52Cu2N4O26+4. The van der Waals surface area contributed by atoms with Gasteiger partial charge in [-0.2, -0.15) is 0 Å². The van der Waals surface area contributed by atoms with Crippen LogP contribution < -0.4 is 0 Å². The van der Waals surface area contributed by atoms with Crippen molar-refractivity contribution in [1.82, 2.24) is 0 Å². The van der Waals surface area contributed by atoms with Crippen LogP contribution in [0.15, 0.2) is 0 Å². The van der Waals surface area contributed by atoms with Crippen LogP contribution in [0, 0.1) is 61.3 Å². The summed E-state index contributed by atoms with van der Waals surface area (Å²) in [4.78, 5) is 33.0. The number of ether oxygens (including phenoxy) is 10. The molecule has 0 aromatic heterocycles. The number of hydrogen-bond donors (Lipinski definition) is 0. The molecule has 2 aliphatic heterocycles. The first-order chi connectivity index (χ1) is 21.9. The third kappa shape index (κ3) is 136. The van der Waals surface area contributed by atoms with Gasteiger partial charge in [0.15, 0.2) is 0 Å². The first-order valence-corrected chi connectivity index (χ1v) is 13.0. The van der Waals surface area contributed by atoms with Crippen molar-refractivity contribution < 1.29 is 124 Å². The van der Waals surface area contributed by atoms with Gasteiger partial charge in [-0.05, 0) is 0 Å². The van der Waals surface area contributed by atoms with Crippen LogP contribution in [-0.4, -0.2) is 152 Å². The summed E-state index contributed by atoms with van der Waals surface area (Å²) in [5, 5.41) is 59.0. The SMILES string of the molecule is C1COCCOCCOCCOCCO1.C1COCCOCCOCCOCCO1.O=[N+]([O-])[O-].O=[N+]([O-])[O-].O=[N+]([O-])[O-].O=[N+]([O-])[O-].[Cu+2].[Cu+2].[OH3+].[OH3+].[OH3+].[OH3+]. The summed E-state index contributed by atoms with van der Waals surface area (Å²) in [6, 6.07) is 0. The topological polar surface area (TPSA) is 489 Å². The Morgan fingerprint density at radius 2 is 0.269 bits per heavy atom. The molecule has 0 amide bonds. The van der Waals surface area contributed by atoms with E-state index in [9.17, 15) is 0 Å². The summed E-state index contributed by atoms with van der Waals surface area (Å²) in [7, 11) is 0. The molecule has 2 aliphatic rings. The minimum absolute atomic E-state index is 0. The Bertz CT molecular complexity index is 472. The van der Waals surface area contributed by atoms with Crippen LogP contribution in [-0.2, 0) is 103 Å². The molecule has 0 aromatic rings. The molecule has 0 unspecified atom stereocenters. The molecule has 32 heteroatoms. The quantitative estimate of drug-likeness (QED) is 0.0957. The molecule has 0 saturated carbocycles. The third-order valence-electron chi connectivity index (χ3n) is 3.72. The molecule has 0 spiro atoms. The maximum Gasteiger partial charge on any atom is 2.00 e. The molecular weight excluding hydrogens is 839 g/mol. The van der Waals surface area contributed by atoms with Crippen LogP contribution in [0.2, 0.25) is 0 Å². The van der Waals surface area contributed by atoms with Crippen LogP contribution >= 0.6 is 0 Å². The number of hydrogen-bond acceptors (Lipinski definition) is 22. The predicted molar refractivity (Wildman–Crippen MR) is 169 cm³/mol. The summed E-state index contributed by atoms with van der Waals surface area (Å²) in [5.41, 5.74) is 0. The molecule has 2 radical (unpaired) electrons. The first kappa shape index (κ1) is 74.4. The second-order valence-corrected chi connectivity index (χ2v) is 7.02. The van der Waals surface area contributed by atoms with E-state index in [0.717, 1.165) is 0 Å². The molecule has 30 nitrogen and oxygen atoms in total. The molecule has 0 aliphatic carbocycles. The van der Waals surface area contributed by atoms with Gasteiger partial charge >= 0.3 is 34.1 Å². The monoisotopic (exact) mass is 890 g/mol. The van der Waals surface area contributed by atoms with E-state index < -0.39 is 20.3 Å². The van der Waals surface area contributed by atoms with Crippen molar-refractivity contribution in [2.45, 2.75) is 0 Å². The van der Waals surface area contributed by atoms with Crippen molar-refractivity contribution >= 4 is 0 Å². The Morgan fingerprint density at radius 3 is 0.308 bits per heavy atom. The Balaban J connectivity index is -0.0000000557. The van der Waals surface area contributed by atoms with Gasteiger partial charge < -0.3 is 131 Å². The standard InChI is InChI=1S/2C10H20O5.2Cu.4NO3.4H2O/c2*1-2-12-5-6-14-9-10-15-8-7-13-4-3-11-1;;;4*2-1(3)4;;;;/h2*1-10H2;;;;;;;4*1H2/q;;2*+2;4*-1;;;;/p+4. The minimum Gasteiger partial charge on any atom is -0.457 e. The van der Waals surface area contributed by atoms with Crippen molar-refractivity contribution in [1.29, 1.82) is 0 Å². The van der Waals surface area contributed by atoms with Gasteiger partial charge in [0.25, 0.3) is 0 Å². The largest absolute Gasteiger partial charge is 2.00 e. The van der Waals surface area contributed by atoms with E-state index in [1.807, 2.05) is 0 Å². The summed E-state index contributed by atoms with van der Waals surface area (Å²) >= 11 is 0. The van der Waals surface area contributed by atoms with Crippen molar-refractivity contribution in [2.24, 2.45) is 0 Å². The molecule has 0 bridgehead atoms. The van der Waals surface area contributed by atoms with E-state index in [4.69, 9.17) is 109 Å². The maximum absolute atomic E-state index is 8.25. The van der Waals surface area contributed by atoms with Crippen LogP contribution in [0.3, 0.4) is 0 Å². The Kier molecular flexibility index (Phi) is 100. The van der Waals surface area contributed by atoms with Crippen LogP contribution in [0.1, 0.15) is 0 Å². The molecule has 2 saturated heterocycles. The number of rotatable bonds is 0. The van der Waals surface area contributed by atoms with E-state index in [2.05, 4.69) is 0 Å². The van der Waals surface area contributed by atoms with Crippen molar-refractivity contribution in [3.05, 3.63) is 61.3 Å². The molecule has 12 N–H and O–H groups in total. The summed E-state index contributed by atoms with van der Waals surface area (Å²) in [6.07, 6.45) is 0. The van der Waals surface area contributed by atoms with Crippen molar-refractivity contribution in [3.63, 3.8) is 0 Å². The van der Waals surface area contributed by atoms with Gasteiger partial charge in [0, 0.05) is 0 Å². The minimum atomic E-state index is -1.75.